The number of carbonyl (C=O) groups is 1. The summed E-state index contributed by atoms with van der Waals surface area (Å²) < 4.78 is 14.0. The molecule has 0 fully saturated rings. The van der Waals surface area contributed by atoms with E-state index in [1.165, 1.54) is 0 Å². The lowest BCUT2D eigenvalue weighted by molar-refractivity contribution is 0.0994. The van der Waals surface area contributed by atoms with Gasteiger partial charge in [-0.3, -0.25) is 4.79 Å². The first-order valence-electron chi connectivity index (χ1n) is 5.26. The first kappa shape index (κ1) is 12.7. The Morgan fingerprint density at radius 1 is 1.33 bits per heavy atom. The smallest absolute Gasteiger partial charge is 0.253 e. The monoisotopic (exact) mass is 308 g/mol. The molecule has 92 valence electrons. The third-order valence-corrected chi connectivity index (χ3v) is 2.92. The van der Waals surface area contributed by atoms with Crippen LogP contribution in [-0.4, -0.2) is 10.9 Å². The van der Waals surface area contributed by atoms with E-state index in [0.717, 1.165) is 5.56 Å². The molecule has 5 heteroatoms. The fourth-order valence-corrected chi connectivity index (χ4v) is 2.18. The number of carbonyl (C=O) groups excluding carboxylic acids is 1. The Bertz CT molecular complexity index is 587. The molecule has 0 unspecified atom stereocenters. The number of halogens is 2. The predicted molar refractivity (Wildman–Crippen MR) is 69.7 cm³/mol. The molecule has 3 nitrogen and oxygen atoms in total. The molecule has 2 aromatic rings. The lowest BCUT2D eigenvalue weighted by atomic mass is 10.0. The predicted octanol–water partition coefficient (Wildman–Crippen LogP) is 2.67. The summed E-state index contributed by atoms with van der Waals surface area (Å²) in [5.41, 5.74) is 6.53. The molecule has 1 aromatic heterocycles. The van der Waals surface area contributed by atoms with Gasteiger partial charge in [0.05, 0.1) is 5.56 Å². The van der Waals surface area contributed by atoms with Gasteiger partial charge in [0, 0.05) is 0 Å². The largest absolute Gasteiger partial charge is 0.365 e. The standard InChI is InChI=1S/C13H10BrFN2O/c14-10-7-9(6-8-4-2-1-3-5-8)11(13(16)18)12(15)17-10/h1-5,7H,6H2,(H2,16,18). The van der Waals surface area contributed by atoms with Crippen LogP contribution in [0.5, 0.6) is 0 Å². The topological polar surface area (TPSA) is 56.0 Å². The highest BCUT2D eigenvalue weighted by molar-refractivity contribution is 9.10. The fourth-order valence-electron chi connectivity index (χ4n) is 1.75. The molecule has 0 atom stereocenters. The first-order valence-corrected chi connectivity index (χ1v) is 6.06. The maximum Gasteiger partial charge on any atom is 0.253 e. The van der Waals surface area contributed by atoms with Crippen LogP contribution >= 0.6 is 15.9 Å². The Morgan fingerprint density at radius 2 is 2.00 bits per heavy atom. The van der Waals surface area contributed by atoms with E-state index in [-0.39, 0.29) is 5.56 Å². The van der Waals surface area contributed by atoms with E-state index < -0.39 is 11.9 Å². The van der Waals surface area contributed by atoms with Crippen molar-refractivity contribution in [2.75, 3.05) is 0 Å². The van der Waals surface area contributed by atoms with Crippen LogP contribution in [0.3, 0.4) is 0 Å². The average molecular weight is 309 g/mol. The van der Waals surface area contributed by atoms with Crippen LogP contribution in [0.4, 0.5) is 4.39 Å². The van der Waals surface area contributed by atoms with Gasteiger partial charge < -0.3 is 5.73 Å². The van der Waals surface area contributed by atoms with E-state index in [9.17, 15) is 9.18 Å². The maximum atomic E-state index is 13.6. The number of aromatic nitrogens is 1. The molecule has 18 heavy (non-hydrogen) atoms. The molecule has 0 aliphatic carbocycles. The fraction of sp³-hybridized carbons (Fsp3) is 0.0769. The molecule has 0 aliphatic heterocycles. The Morgan fingerprint density at radius 3 is 2.61 bits per heavy atom. The second-order valence-electron chi connectivity index (χ2n) is 3.80. The van der Waals surface area contributed by atoms with Crippen molar-refractivity contribution >= 4 is 21.8 Å². The van der Waals surface area contributed by atoms with E-state index >= 15 is 0 Å². The normalized spacial score (nSPS) is 10.3. The molecule has 0 saturated carbocycles. The van der Waals surface area contributed by atoms with Crippen molar-refractivity contribution in [2.45, 2.75) is 6.42 Å². The molecular weight excluding hydrogens is 299 g/mol. The number of benzene rings is 1. The van der Waals surface area contributed by atoms with Gasteiger partial charge in [0.15, 0.2) is 0 Å². The van der Waals surface area contributed by atoms with Crippen molar-refractivity contribution < 1.29 is 9.18 Å². The summed E-state index contributed by atoms with van der Waals surface area (Å²) in [4.78, 5) is 14.8. The average Bonchev–Trinajstić information content (AvgIpc) is 2.28. The Hall–Kier alpha value is -1.75. The Labute approximate surface area is 112 Å². The number of rotatable bonds is 3. The number of nitrogens with zero attached hydrogens (tertiary/aromatic N) is 1. The van der Waals surface area contributed by atoms with Gasteiger partial charge in [-0.1, -0.05) is 30.3 Å². The zero-order chi connectivity index (χ0) is 13.1. The van der Waals surface area contributed by atoms with Gasteiger partial charge in [0.25, 0.3) is 5.91 Å². The summed E-state index contributed by atoms with van der Waals surface area (Å²) in [6.45, 7) is 0. The van der Waals surface area contributed by atoms with Crippen molar-refractivity contribution in [1.82, 2.24) is 4.98 Å². The molecule has 0 bridgehead atoms. The quantitative estimate of drug-likeness (QED) is 0.886. The number of hydrogen-bond acceptors (Lipinski definition) is 2. The van der Waals surface area contributed by atoms with E-state index in [4.69, 9.17) is 5.73 Å². The lowest BCUT2D eigenvalue weighted by Crippen LogP contribution is -2.17. The van der Waals surface area contributed by atoms with Crippen LogP contribution in [-0.2, 0) is 6.42 Å². The number of nitrogens with two attached hydrogens (primary N) is 1. The molecule has 2 N–H and O–H groups in total. The molecule has 1 heterocycles. The Balaban J connectivity index is 2.46. The highest BCUT2D eigenvalue weighted by Crippen LogP contribution is 2.20. The number of hydrogen-bond donors (Lipinski definition) is 1. The first-order chi connectivity index (χ1) is 8.58. The van der Waals surface area contributed by atoms with E-state index in [1.54, 1.807) is 6.07 Å². The molecule has 0 radical (unpaired) electrons. The van der Waals surface area contributed by atoms with Crippen LogP contribution in [0.15, 0.2) is 41.0 Å². The third kappa shape index (κ3) is 2.73. The third-order valence-electron chi connectivity index (χ3n) is 2.51. The number of primary amides is 1. The van der Waals surface area contributed by atoms with Crippen LogP contribution in [0, 0.1) is 5.95 Å². The van der Waals surface area contributed by atoms with Crippen LogP contribution < -0.4 is 5.73 Å². The van der Waals surface area contributed by atoms with Gasteiger partial charge in [0.1, 0.15) is 4.60 Å². The number of pyridine rings is 1. The summed E-state index contributed by atoms with van der Waals surface area (Å²) in [6, 6.07) is 11.1. The van der Waals surface area contributed by atoms with Crippen LogP contribution in [0.1, 0.15) is 21.5 Å². The zero-order valence-corrected chi connectivity index (χ0v) is 10.9. The van der Waals surface area contributed by atoms with Gasteiger partial charge in [0.2, 0.25) is 5.95 Å². The second kappa shape index (κ2) is 5.27. The molecule has 0 saturated heterocycles. The number of amides is 1. The van der Waals surface area contributed by atoms with Gasteiger partial charge in [-0.25, -0.2) is 4.98 Å². The van der Waals surface area contributed by atoms with Crippen molar-refractivity contribution in [1.29, 1.82) is 0 Å². The highest BCUT2D eigenvalue weighted by Gasteiger charge is 2.16. The van der Waals surface area contributed by atoms with Crippen molar-refractivity contribution in [3.05, 3.63) is 63.6 Å². The van der Waals surface area contributed by atoms with Crippen molar-refractivity contribution in [3.63, 3.8) is 0 Å². The van der Waals surface area contributed by atoms with Crippen molar-refractivity contribution in [3.8, 4) is 0 Å². The minimum absolute atomic E-state index is 0.151. The lowest BCUT2D eigenvalue weighted by Gasteiger charge is -2.08. The summed E-state index contributed by atoms with van der Waals surface area (Å²) in [7, 11) is 0. The summed E-state index contributed by atoms with van der Waals surface area (Å²) >= 11 is 3.11. The van der Waals surface area contributed by atoms with Gasteiger partial charge in [-0.05, 0) is 39.5 Å². The molecule has 0 spiro atoms. The minimum atomic E-state index is -0.845. The van der Waals surface area contributed by atoms with E-state index in [1.807, 2.05) is 30.3 Å². The van der Waals surface area contributed by atoms with Gasteiger partial charge in [-0.2, -0.15) is 4.39 Å². The molecule has 2 rings (SSSR count). The molecular formula is C13H10BrFN2O. The van der Waals surface area contributed by atoms with E-state index in [0.29, 0.717) is 16.6 Å². The minimum Gasteiger partial charge on any atom is -0.365 e. The Kier molecular flexibility index (Phi) is 3.72. The molecule has 0 aliphatic rings. The van der Waals surface area contributed by atoms with E-state index in [2.05, 4.69) is 20.9 Å². The summed E-state index contributed by atoms with van der Waals surface area (Å²) in [5.74, 6) is -1.65. The van der Waals surface area contributed by atoms with Gasteiger partial charge in [-0.15, -0.1) is 0 Å². The summed E-state index contributed by atoms with van der Waals surface area (Å²) in [5, 5.41) is 0. The summed E-state index contributed by atoms with van der Waals surface area (Å²) in [6.07, 6.45) is 0.428. The van der Waals surface area contributed by atoms with Crippen LogP contribution in [0.2, 0.25) is 0 Å². The second-order valence-corrected chi connectivity index (χ2v) is 4.61. The van der Waals surface area contributed by atoms with Gasteiger partial charge >= 0.3 is 0 Å². The molecule has 1 aromatic carbocycles. The SMILES string of the molecule is NC(=O)c1c(Cc2ccccc2)cc(Br)nc1F. The zero-order valence-electron chi connectivity index (χ0n) is 9.36. The van der Waals surface area contributed by atoms with Crippen LogP contribution in [0.25, 0.3) is 0 Å². The molecule has 1 amide bonds. The highest BCUT2D eigenvalue weighted by atomic mass is 79.9. The van der Waals surface area contributed by atoms with Crippen molar-refractivity contribution in [2.24, 2.45) is 5.73 Å². The maximum absolute atomic E-state index is 13.6.